The minimum atomic E-state index is 0.0825. The molecule has 2 rings (SSSR count). The molecule has 0 aromatic heterocycles. The standard InChI is InChI=1S/C17H21NO2/c19-10-12-20-11-9-18-14-15-5-4-8-17(13-15)16-6-2-1-3-7-16/h1-8,13,18-19H,9-12,14H2. The largest absolute Gasteiger partial charge is 0.394 e. The van der Waals surface area contributed by atoms with Gasteiger partial charge in [0, 0.05) is 13.1 Å². The molecule has 0 aliphatic rings. The summed E-state index contributed by atoms with van der Waals surface area (Å²) in [7, 11) is 0. The Morgan fingerprint density at radius 2 is 1.70 bits per heavy atom. The van der Waals surface area contributed by atoms with E-state index in [-0.39, 0.29) is 6.61 Å². The highest BCUT2D eigenvalue weighted by Gasteiger charge is 1.98. The van der Waals surface area contributed by atoms with Crippen molar-refractivity contribution in [3.05, 3.63) is 60.2 Å². The Hall–Kier alpha value is -1.68. The molecular weight excluding hydrogens is 250 g/mol. The lowest BCUT2D eigenvalue weighted by Crippen LogP contribution is -2.20. The molecule has 106 valence electrons. The predicted octanol–water partition coefficient (Wildman–Crippen LogP) is 2.45. The van der Waals surface area contributed by atoms with Crippen LogP contribution in [0.2, 0.25) is 0 Å². The van der Waals surface area contributed by atoms with Gasteiger partial charge in [0.25, 0.3) is 0 Å². The molecular formula is C17H21NO2. The van der Waals surface area contributed by atoms with Gasteiger partial charge in [-0.05, 0) is 22.8 Å². The number of aliphatic hydroxyl groups excluding tert-OH is 1. The van der Waals surface area contributed by atoms with E-state index >= 15 is 0 Å². The molecule has 0 fully saturated rings. The molecule has 0 aliphatic heterocycles. The van der Waals surface area contributed by atoms with Crippen molar-refractivity contribution in [1.29, 1.82) is 0 Å². The van der Waals surface area contributed by atoms with Gasteiger partial charge in [0.1, 0.15) is 0 Å². The molecule has 20 heavy (non-hydrogen) atoms. The number of benzene rings is 2. The molecule has 0 aliphatic carbocycles. The number of hydrogen-bond donors (Lipinski definition) is 2. The predicted molar refractivity (Wildman–Crippen MR) is 81.5 cm³/mol. The minimum absolute atomic E-state index is 0.0825. The molecule has 3 heteroatoms. The van der Waals surface area contributed by atoms with Crippen LogP contribution >= 0.6 is 0 Å². The second kappa shape index (κ2) is 8.48. The summed E-state index contributed by atoms with van der Waals surface area (Å²) in [6.07, 6.45) is 0. The van der Waals surface area contributed by atoms with E-state index in [0.29, 0.717) is 13.2 Å². The quantitative estimate of drug-likeness (QED) is 0.725. The highest BCUT2D eigenvalue weighted by atomic mass is 16.5. The molecule has 0 spiro atoms. The molecule has 0 heterocycles. The smallest absolute Gasteiger partial charge is 0.0698 e. The van der Waals surface area contributed by atoms with Gasteiger partial charge in [0.05, 0.1) is 19.8 Å². The van der Waals surface area contributed by atoms with Gasteiger partial charge in [0.15, 0.2) is 0 Å². The van der Waals surface area contributed by atoms with E-state index in [1.165, 1.54) is 16.7 Å². The van der Waals surface area contributed by atoms with Gasteiger partial charge in [-0.1, -0.05) is 48.5 Å². The van der Waals surface area contributed by atoms with Crippen LogP contribution in [0, 0.1) is 0 Å². The second-order valence-electron chi connectivity index (χ2n) is 4.58. The van der Waals surface area contributed by atoms with Gasteiger partial charge < -0.3 is 15.2 Å². The molecule has 0 unspecified atom stereocenters. The van der Waals surface area contributed by atoms with Crippen LogP contribution in [-0.4, -0.2) is 31.5 Å². The van der Waals surface area contributed by atoms with Crippen LogP contribution < -0.4 is 5.32 Å². The van der Waals surface area contributed by atoms with Crippen LogP contribution in [0.1, 0.15) is 5.56 Å². The van der Waals surface area contributed by atoms with E-state index in [9.17, 15) is 0 Å². The van der Waals surface area contributed by atoms with Crippen molar-refractivity contribution in [3.63, 3.8) is 0 Å². The lowest BCUT2D eigenvalue weighted by atomic mass is 10.0. The summed E-state index contributed by atoms with van der Waals surface area (Å²) in [5.74, 6) is 0. The first kappa shape index (κ1) is 14.7. The molecule has 0 radical (unpaired) electrons. The highest BCUT2D eigenvalue weighted by molar-refractivity contribution is 5.63. The molecule has 0 bridgehead atoms. The second-order valence-corrected chi connectivity index (χ2v) is 4.58. The SMILES string of the molecule is OCCOCCNCc1cccc(-c2ccccc2)c1. The third-order valence-electron chi connectivity index (χ3n) is 3.02. The number of ether oxygens (including phenoxy) is 1. The molecule has 2 N–H and O–H groups in total. The number of nitrogens with one attached hydrogen (secondary N) is 1. The van der Waals surface area contributed by atoms with Gasteiger partial charge in [-0.2, -0.15) is 0 Å². The van der Waals surface area contributed by atoms with E-state index in [2.05, 4.69) is 53.8 Å². The van der Waals surface area contributed by atoms with Gasteiger partial charge in [-0.25, -0.2) is 0 Å². The summed E-state index contributed by atoms with van der Waals surface area (Å²) >= 11 is 0. The molecule has 3 nitrogen and oxygen atoms in total. The molecule has 0 saturated heterocycles. The first-order valence-electron chi connectivity index (χ1n) is 6.94. The monoisotopic (exact) mass is 271 g/mol. The lowest BCUT2D eigenvalue weighted by molar-refractivity contribution is 0.0938. The summed E-state index contributed by atoms with van der Waals surface area (Å²) in [6, 6.07) is 18.9. The minimum Gasteiger partial charge on any atom is -0.394 e. The third-order valence-corrected chi connectivity index (χ3v) is 3.02. The van der Waals surface area contributed by atoms with E-state index < -0.39 is 0 Å². The molecule has 2 aromatic carbocycles. The van der Waals surface area contributed by atoms with Crippen LogP contribution in [-0.2, 0) is 11.3 Å². The van der Waals surface area contributed by atoms with Crippen LogP contribution in [0.25, 0.3) is 11.1 Å². The number of hydrogen-bond acceptors (Lipinski definition) is 3. The Bertz CT molecular complexity index is 499. The average molecular weight is 271 g/mol. The van der Waals surface area contributed by atoms with Crippen LogP contribution in [0.4, 0.5) is 0 Å². The number of aliphatic hydroxyl groups is 1. The van der Waals surface area contributed by atoms with Crippen molar-refractivity contribution in [2.75, 3.05) is 26.4 Å². The summed E-state index contributed by atoms with van der Waals surface area (Å²) in [5.41, 5.74) is 3.73. The van der Waals surface area contributed by atoms with Crippen molar-refractivity contribution in [2.45, 2.75) is 6.54 Å². The summed E-state index contributed by atoms with van der Waals surface area (Å²) in [4.78, 5) is 0. The third kappa shape index (κ3) is 4.78. The highest BCUT2D eigenvalue weighted by Crippen LogP contribution is 2.19. The average Bonchev–Trinajstić information content (AvgIpc) is 2.52. The van der Waals surface area contributed by atoms with E-state index in [4.69, 9.17) is 9.84 Å². The summed E-state index contributed by atoms with van der Waals surface area (Å²) < 4.78 is 5.20. The van der Waals surface area contributed by atoms with Crippen molar-refractivity contribution in [2.24, 2.45) is 0 Å². The van der Waals surface area contributed by atoms with Crippen LogP contribution in [0.3, 0.4) is 0 Å². The van der Waals surface area contributed by atoms with Crippen molar-refractivity contribution in [3.8, 4) is 11.1 Å². The maximum absolute atomic E-state index is 8.59. The molecule has 0 saturated carbocycles. The topological polar surface area (TPSA) is 41.5 Å². The van der Waals surface area contributed by atoms with E-state index in [1.54, 1.807) is 0 Å². The van der Waals surface area contributed by atoms with Crippen molar-refractivity contribution in [1.82, 2.24) is 5.32 Å². The van der Waals surface area contributed by atoms with Gasteiger partial charge >= 0.3 is 0 Å². The zero-order chi connectivity index (χ0) is 14.0. The van der Waals surface area contributed by atoms with Gasteiger partial charge in [-0.3, -0.25) is 0 Å². The Morgan fingerprint density at radius 1 is 0.900 bits per heavy atom. The first-order chi connectivity index (χ1) is 9.90. The zero-order valence-corrected chi connectivity index (χ0v) is 11.6. The normalized spacial score (nSPS) is 10.7. The van der Waals surface area contributed by atoms with Gasteiger partial charge in [-0.15, -0.1) is 0 Å². The fraction of sp³-hybridized carbons (Fsp3) is 0.294. The zero-order valence-electron chi connectivity index (χ0n) is 11.6. The lowest BCUT2D eigenvalue weighted by Gasteiger charge is -2.07. The number of rotatable bonds is 8. The molecule has 0 amide bonds. The van der Waals surface area contributed by atoms with Crippen molar-refractivity contribution < 1.29 is 9.84 Å². The van der Waals surface area contributed by atoms with Crippen molar-refractivity contribution >= 4 is 0 Å². The Balaban J connectivity index is 1.84. The first-order valence-corrected chi connectivity index (χ1v) is 6.94. The van der Waals surface area contributed by atoms with Gasteiger partial charge in [0.2, 0.25) is 0 Å². The van der Waals surface area contributed by atoms with Crippen LogP contribution in [0.15, 0.2) is 54.6 Å². The maximum atomic E-state index is 8.59. The molecule has 2 aromatic rings. The Labute approximate surface area is 120 Å². The molecule has 0 atom stereocenters. The Kier molecular flexibility index (Phi) is 6.24. The van der Waals surface area contributed by atoms with E-state index in [0.717, 1.165) is 13.1 Å². The van der Waals surface area contributed by atoms with E-state index in [1.807, 2.05) is 6.07 Å². The fourth-order valence-electron chi connectivity index (χ4n) is 2.04. The Morgan fingerprint density at radius 3 is 2.50 bits per heavy atom. The fourth-order valence-corrected chi connectivity index (χ4v) is 2.04. The summed E-state index contributed by atoms with van der Waals surface area (Å²) in [6.45, 7) is 2.72. The maximum Gasteiger partial charge on any atom is 0.0698 e. The summed E-state index contributed by atoms with van der Waals surface area (Å²) in [5, 5.41) is 11.9. The van der Waals surface area contributed by atoms with Crippen LogP contribution in [0.5, 0.6) is 0 Å².